The van der Waals surface area contributed by atoms with Crippen LogP contribution in [-0.2, 0) is 17.9 Å². The summed E-state index contributed by atoms with van der Waals surface area (Å²) in [7, 11) is 0. The molecule has 2 rings (SSSR count). The lowest BCUT2D eigenvalue weighted by Crippen LogP contribution is -2.30. The summed E-state index contributed by atoms with van der Waals surface area (Å²) in [5.41, 5.74) is 6.77. The van der Waals surface area contributed by atoms with E-state index in [9.17, 15) is 14.0 Å². The van der Waals surface area contributed by atoms with Gasteiger partial charge in [-0.3, -0.25) is 9.69 Å². The number of benzene rings is 1. The van der Waals surface area contributed by atoms with Crippen molar-refractivity contribution in [1.29, 1.82) is 0 Å². The molecule has 0 unspecified atom stereocenters. The fourth-order valence-electron chi connectivity index (χ4n) is 1.72. The predicted octanol–water partition coefficient (Wildman–Crippen LogP) is 0.336. The van der Waals surface area contributed by atoms with Crippen LogP contribution in [0.4, 0.5) is 9.18 Å². The number of rotatable bonds is 3. The highest BCUT2D eigenvalue weighted by Gasteiger charge is 2.28. The van der Waals surface area contributed by atoms with Crippen molar-refractivity contribution in [3.05, 3.63) is 35.1 Å². The molecule has 90 valence electrons. The van der Waals surface area contributed by atoms with E-state index in [1.54, 1.807) is 0 Å². The van der Waals surface area contributed by atoms with Gasteiger partial charge in [-0.05, 0) is 23.3 Å². The third-order valence-electron chi connectivity index (χ3n) is 2.65. The molecule has 17 heavy (non-hydrogen) atoms. The molecule has 0 radical (unpaired) electrons. The third-order valence-corrected chi connectivity index (χ3v) is 2.65. The zero-order chi connectivity index (χ0) is 12.4. The summed E-state index contributed by atoms with van der Waals surface area (Å²) in [4.78, 5) is 23.8. The van der Waals surface area contributed by atoms with Gasteiger partial charge < -0.3 is 11.1 Å². The SMILES string of the molecule is NCc1cc(F)ccc1CN1C(=O)CNC1=O. The van der Waals surface area contributed by atoms with Gasteiger partial charge in [0, 0.05) is 6.54 Å². The summed E-state index contributed by atoms with van der Waals surface area (Å²) in [5.74, 6) is -0.673. The first-order valence-electron chi connectivity index (χ1n) is 5.17. The van der Waals surface area contributed by atoms with Crippen LogP contribution in [0.25, 0.3) is 0 Å². The molecule has 1 aromatic rings. The number of imide groups is 1. The summed E-state index contributed by atoms with van der Waals surface area (Å²) >= 11 is 0. The standard InChI is InChI=1S/C11H12FN3O2/c12-9-2-1-7(8(3-9)4-13)6-15-10(16)5-14-11(15)17/h1-3H,4-6,13H2,(H,14,17). The average molecular weight is 237 g/mol. The highest BCUT2D eigenvalue weighted by Crippen LogP contribution is 2.15. The molecule has 1 aliphatic rings. The zero-order valence-electron chi connectivity index (χ0n) is 9.07. The summed E-state index contributed by atoms with van der Waals surface area (Å²) in [5, 5.41) is 2.42. The van der Waals surface area contributed by atoms with E-state index in [2.05, 4.69) is 5.32 Å². The van der Waals surface area contributed by atoms with Gasteiger partial charge in [0.25, 0.3) is 0 Å². The third kappa shape index (κ3) is 2.26. The van der Waals surface area contributed by atoms with Gasteiger partial charge in [-0.1, -0.05) is 6.07 Å². The van der Waals surface area contributed by atoms with Gasteiger partial charge in [0.05, 0.1) is 13.1 Å². The van der Waals surface area contributed by atoms with E-state index < -0.39 is 6.03 Å². The number of carbonyl (C=O) groups is 2. The second-order valence-corrected chi connectivity index (χ2v) is 3.76. The number of hydrogen-bond acceptors (Lipinski definition) is 3. The molecule has 1 aromatic carbocycles. The number of urea groups is 1. The van der Waals surface area contributed by atoms with Gasteiger partial charge in [-0.15, -0.1) is 0 Å². The van der Waals surface area contributed by atoms with E-state index in [-0.39, 0.29) is 31.4 Å². The molecule has 0 bridgehead atoms. The van der Waals surface area contributed by atoms with Gasteiger partial charge in [0.2, 0.25) is 5.91 Å². The zero-order valence-corrected chi connectivity index (χ0v) is 9.07. The number of hydrogen-bond donors (Lipinski definition) is 2. The maximum atomic E-state index is 13.0. The van der Waals surface area contributed by atoms with Crippen LogP contribution in [0.1, 0.15) is 11.1 Å². The summed E-state index contributed by atoms with van der Waals surface area (Å²) in [6.45, 7) is 0.298. The Balaban J connectivity index is 2.23. The molecule has 6 heteroatoms. The first-order chi connectivity index (χ1) is 8.11. The van der Waals surface area contributed by atoms with Crippen molar-refractivity contribution in [2.24, 2.45) is 5.73 Å². The molecule has 0 aromatic heterocycles. The van der Waals surface area contributed by atoms with Crippen LogP contribution in [-0.4, -0.2) is 23.4 Å². The summed E-state index contributed by atoms with van der Waals surface area (Å²) in [6.07, 6.45) is 0. The van der Waals surface area contributed by atoms with E-state index >= 15 is 0 Å². The van der Waals surface area contributed by atoms with Gasteiger partial charge >= 0.3 is 6.03 Å². The highest BCUT2D eigenvalue weighted by atomic mass is 19.1. The Kier molecular flexibility index (Phi) is 3.06. The Hall–Kier alpha value is -1.95. The maximum absolute atomic E-state index is 13.0. The lowest BCUT2D eigenvalue weighted by Gasteiger charge is -2.15. The molecule has 0 aliphatic carbocycles. The molecule has 1 aliphatic heterocycles. The second kappa shape index (κ2) is 4.50. The topological polar surface area (TPSA) is 75.4 Å². The van der Waals surface area contributed by atoms with Crippen molar-refractivity contribution < 1.29 is 14.0 Å². The number of halogens is 1. The van der Waals surface area contributed by atoms with Gasteiger partial charge in [0.1, 0.15) is 5.82 Å². The maximum Gasteiger partial charge on any atom is 0.324 e. The average Bonchev–Trinajstić information content (AvgIpc) is 2.62. The number of nitrogens with zero attached hydrogens (tertiary/aromatic N) is 1. The summed E-state index contributed by atoms with van der Waals surface area (Å²) in [6, 6.07) is 3.71. The first-order valence-corrected chi connectivity index (χ1v) is 5.17. The minimum Gasteiger partial charge on any atom is -0.329 e. The van der Waals surface area contributed by atoms with Crippen LogP contribution in [0.15, 0.2) is 18.2 Å². The molecular formula is C11H12FN3O2. The lowest BCUT2D eigenvalue weighted by molar-refractivity contribution is -0.125. The molecule has 1 saturated heterocycles. The smallest absolute Gasteiger partial charge is 0.324 e. The number of nitrogens with two attached hydrogens (primary N) is 1. The van der Waals surface area contributed by atoms with Crippen molar-refractivity contribution in [3.8, 4) is 0 Å². The van der Waals surface area contributed by atoms with E-state index in [0.29, 0.717) is 11.1 Å². The Morgan fingerprint density at radius 2 is 2.12 bits per heavy atom. The molecule has 1 fully saturated rings. The molecule has 0 saturated carbocycles. The molecule has 0 atom stereocenters. The minimum absolute atomic E-state index is 0.0119. The van der Waals surface area contributed by atoms with E-state index in [1.807, 2.05) is 0 Å². The monoisotopic (exact) mass is 237 g/mol. The fourth-order valence-corrected chi connectivity index (χ4v) is 1.72. The Labute approximate surface area is 97.4 Å². The lowest BCUT2D eigenvalue weighted by atomic mass is 10.1. The van der Waals surface area contributed by atoms with Crippen LogP contribution < -0.4 is 11.1 Å². The van der Waals surface area contributed by atoms with Crippen molar-refractivity contribution in [2.45, 2.75) is 13.1 Å². The van der Waals surface area contributed by atoms with Gasteiger partial charge in [-0.25, -0.2) is 9.18 Å². The molecule has 1 heterocycles. The molecule has 3 amide bonds. The minimum atomic E-state index is -0.428. The van der Waals surface area contributed by atoms with E-state index in [4.69, 9.17) is 5.73 Å². The number of nitrogens with one attached hydrogen (secondary N) is 1. The van der Waals surface area contributed by atoms with Crippen LogP contribution >= 0.6 is 0 Å². The largest absolute Gasteiger partial charge is 0.329 e. The second-order valence-electron chi connectivity index (χ2n) is 3.76. The summed E-state index contributed by atoms with van der Waals surface area (Å²) < 4.78 is 13.0. The highest BCUT2D eigenvalue weighted by molar-refractivity contribution is 6.01. The number of amides is 3. The Morgan fingerprint density at radius 3 is 2.71 bits per heavy atom. The van der Waals surface area contributed by atoms with Crippen molar-refractivity contribution in [1.82, 2.24) is 10.2 Å². The number of carbonyl (C=O) groups excluding carboxylic acids is 2. The van der Waals surface area contributed by atoms with Crippen molar-refractivity contribution in [2.75, 3.05) is 6.54 Å². The van der Waals surface area contributed by atoms with Gasteiger partial charge in [-0.2, -0.15) is 0 Å². The van der Waals surface area contributed by atoms with Crippen LogP contribution in [0, 0.1) is 5.82 Å². The van der Waals surface area contributed by atoms with Gasteiger partial charge in [0.15, 0.2) is 0 Å². The predicted molar refractivity (Wildman–Crippen MR) is 58.2 cm³/mol. The Bertz CT molecular complexity index is 460. The normalized spacial score (nSPS) is 15.3. The van der Waals surface area contributed by atoms with Crippen LogP contribution in [0.5, 0.6) is 0 Å². The molecular weight excluding hydrogens is 225 g/mol. The van der Waals surface area contributed by atoms with E-state index in [0.717, 1.165) is 4.90 Å². The molecule has 5 nitrogen and oxygen atoms in total. The Morgan fingerprint density at radius 1 is 1.35 bits per heavy atom. The van der Waals surface area contributed by atoms with Crippen LogP contribution in [0.3, 0.4) is 0 Å². The molecule has 3 N–H and O–H groups in total. The van der Waals surface area contributed by atoms with Crippen LogP contribution in [0.2, 0.25) is 0 Å². The first kappa shape index (κ1) is 11.5. The van der Waals surface area contributed by atoms with Crippen molar-refractivity contribution in [3.63, 3.8) is 0 Å². The quantitative estimate of drug-likeness (QED) is 0.744. The van der Waals surface area contributed by atoms with E-state index in [1.165, 1.54) is 18.2 Å². The molecule has 0 spiro atoms. The van der Waals surface area contributed by atoms with Crippen molar-refractivity contribution >= 4 is 11.9 Å². The fraction of sp³-hybridized carbons (Fsp3) is 0.273.